The normalized spacial score (nSPS) is 11.5. The van der Waals surface area contributed by atoms with Gasteiger partial charge in [-0.15, -0.1) is 0 Å². The van der Waals surface area contributed by atoms with Crippen molar-refractivity contribution in [2.24, 2.45) is 0 Å². The van der Waals surface area contributed by atoms with Crippen LogP contribution in [0.15, 0.2) is 17.3 Å². The molecule has 0 bridgehead atoms. The van der Waals surface area contributed by atoms with Gasteiger partial charge in [-0.3, -0.25) is 4.98 Å². The van der Waals surface area contributed by atoms with Crippen molar-refractivity contribution in [3.05, 3.63) is 17.4 Å². The zero-order chi connectivity index (χ0) is 9.35. The smallest absolute Gasteiger partial charge is 0.266 e. The lowest BCUT2D eigenvalue weighted by Crippen LogP contribution is -1.93. The van der Waals surface area contributed by atoms with Crippen molar-refractivity contribution in [3.63, 3.8) is 0 Å². The molecule has 0 aliphatic rings. The van der Waals surface area contributed by atoms with Crippen LogP contribution in [0.25, 0.3) is 0 Å². The highest BCUT2D eigenvalue weighted by Crippen LogP contribution is 2.31. The molecule has 1 rings (SSSR count). The summed E-state index contributed by atoms with van der Waals surface area (Å²) in [6.07, 6.45) is 2.03. The minimum atomic E-state index is -4.01. The molecule has 0 radical (unpaired) electrons. The molecule has 0 fully saturated rings. The fraction of sp³-hybridized carbons (Fsp3) is 0. The molecule has 0 unspecified atom stereocenters. The summed E-state index contributed by atoms with van der Waals surface area (Å²) in [7, 11) is 0.955. The summed E-state index contributed by atoms with van der Waals surface area (Å²) >= 11 is 5.43. The van der Waals surface area contributed by atoms with Crippen LogP contribution in [-0.2, 0) is 9.05 Å². The second-order valence-electron chi connectivity index (χ2n) is 1.91. The van der Waals surface area contributed by atoms with E-state index < -0.39 is 19.7 Å². The molecule has 4 nitrogen and oxygen atoms in total. The number of nitrogens with zero attached hydrogens (tertiary/aromatic N) is 1. The Balaban J connectivity index is 3.53. The zero-order valence-electron chi connectivity index (χ0n) is 5.53. The number of halogens is 2. The number of pyridine rings is 1. The third-order valence-electron chi connectivity index (χ3n) is 1.08. The third kappa shape index (κ3) is 1.80. The minimum absolute atomic E-state index is 0.204. The zero-order valence-corrected chi connectivity index (χ0v) is 7.86. The van der Waals surface area contributed by atoms with Crippen molar-refractivity contribution in [2.75, 3.05) is 0 Å². The topological polar surface area (TPSA) is 67.3 Å². The molecule has 1 aromatic heterocycles. The fourth-order valence-electron chi connectivity index (χ4n) is 0.654. The van der Waals surface area contributed by atoms with Gasteiger partial charge >= 0.3 is 0 Å². The van der Waals surface area contributed by atoms with Crippen molar-refractivity contribution in [1.82, 2.24) is 4.98 Å². The van der Waals surface area contributed by atoms with Crippen LogP contribution in [0.2, 0.25) is 5.02 Å². The maximum Gasteiger partial charge on any atom is 0.266 e. The Morgan fingerprint density at radius 2 is 2.00 bits per heavy atom. The van der Waals surface area contributed by atoms with Gasteiger partial charge in [0.05, 0.1) is 11.2 Å². The van der Waals surface area contributed by atoms with Crippen LogP contribution in [0.5, 0.6) is 5.75 Å². The first-order chi connectivity index (χ1) is 5.43. The van der Waals surface area contributed by atoms with Gasteiger partial charge in [-0.2, -0.15) is 0 Å². The Labute approximate surface area is 78.2 Å². The Morgan fingerprint density at radius 3 is 2.33 bits per heavy atom. The average molecular weight is 228 g/mol. The molecule has 0 saturated carbocycles. The summed E-state index contributed by atoms with van der Waals surface area (Å²) in [6, 6.07) is 0. The number of hydrogen-bond donors (Lipinski definition) is 1. The summed E-state index contributed by atoms with van der Waals surface area (Å²) in [6.45, 7) is 0. The molecule has 0 aromatic carbocycles. The van der Waals surface area contributed by atoms with Gasteiger partial charge in [0.2, 0.25) is 0 Å². The molecular formula is C5H3Cl2NO3S. The Hall–Kier alpha value is -0.520. The van der Waals surface area contributed by atoms with Crippen LogP contribution in [0, 0.1) is 0 Å². The maximum atomic E-state index is 10.8. The monoisotopic (exact) mass is 227 g/mol. The van der Waals surface area contributed by atoms with Gasteiger partial charge in [0.25, 0.3) is 9.05 Å². The van der Waals surface area contributed by atoms with Crippen LogP contribution in [0.1, 0.15) is 0 Å². The molecule has 12 heavy (non-hydrogen) atoms. The summed E-state index contributed by atoms with van der Waals surface area (Å²) in [5.74, 6) is -0.558. The van der Waals surface area contributed by atoms with E-state index in [2.05, 4.69) is 4.98 Å². The molecule has 0 amide bonds. The molecule has 1 heterocycles. The number of rotatable bonds is 1. The largest absolute Gasteiger partial charge is 0.505 e. The van der Waals surface area contributed by atoms with Gasteiger partial charge in [0.1, 0.15) is 4.90 Å². The van der Waals surface area contributed by atoms with Gasteiger partial charge in [-0.1, -0.05) is 11.6 Å². The number of hydrogen-bond acceptors (Lipinski definition) is 4. The average Bonchev–Trinajstić information content (AvgIpc) is 1.82. The van der Waals surface area contributed by atoms with E-state index in [9.17, 15) is 8.42 Å². The van der Waals surface area contributed by atoms with E-state index in [0.29, 0.717) is 0 Å². The molecule has 66 valence electrons. The van der Waals surface area contributed by atoms with Gasteiger partial charge in [-0.25, -0.2) is 8.42 Å². The lowest BCUT2D eigenvalue weighted by molar-refractivity contribution is 0.457. The van der Waals surface area contributed by atoms with Crippen molar-refractivity contribution >= 4 is 31.3 Å². The van der Waals surface area contributed by atoms with Crippen LogP contribution < -0.4 is 0 Å². The molecule has 0 atom stereocenters. The molecule has 0 saturated heterocycles. The Morgan fingerprint density at radius 1 is 1.42 bits per heavy atom. The van der Waals surface area contributed by atoms with Crippen molar-refractivity contribution in [1.29, 1.82) is 0 Å². The van der Waals surface area contributed by atoms with E-state index in [1.165, 1.54) is 0 Å². The van der Waals surface area contributed by atoms with Crippen LogP contribution in [0.3, 0.4) is 0 Å². The number of aromatic hydroxyl groups is 1. The molecule has 1 aromatic rings. The molecule has 1 N–H and O–H groups in total. The van der Waals surface area contributed by atoms with Crippen molar-refractivity contribution in [2.45, 2.75) is 4.90 Å². The maximum absolute atomic E-state index is 10.8. The predicted molar refractivity (Wildman–Crippen MR) is 44.0 cm³/mol. The van der Waals surface area contributed by atoms with Gasteiger partial charge < -0.3 is 5.11 Å². The Kier molecular flexibility index (Phi) is 2.46. The molecular weight excluding hydrogens is 225 g/mol. The van der Waals surface area contributed by atoms with Crippen LogP contribution in [-0.4, -0.2) is 18.5 Å². The molecule has 0 aliphatic carbocycles. The van der Waals surface area contributed by atoms with Gasteiger partial charge in [0.15, 0.2) is 5.75 Å². The van der Waals surface area contributed by atoms with Crippen molar-refractivity contribution < 1.29 is 13.5 Å². The van der Waals surface area contributed by atoms with E-state index in [1.807, 2.05) is 0 Å². The predicted octanol–water partition coefficient (Wildman–Crippen LogP) is 1.37. The van der Waals surface area contributed by atoms with E-state index in [4.69, 9.17) is 27.4 Å². The fourth-order valence-corrected chi connectivity index (χ4v) is 2.31. The standard InChI is InChI=1S/C5H3Cl2NO3S/c6-3-1-8-2-4(9)5(3)12(7,10)11/h1-2,9H. The van der Waals surface area contributed by atoms with Crippen LogP contribution in [0.4, 0.5) is 0 Å². The second kappa shape index (κ2) is 3.08. The van der Waals surface area contributed by atoms with E-state index >= 15 is 0 Å². The first kappa shape index (κ1) is 9.57. The second-order valence-corrected chi connectivity index (χ2v) is 4.82. The molecule has 7 heteroatoms. The van der Waals surface area contributed by atoms with Crippen LogP contribution >= 0.6 is 22.3 Å². The molecule has 0 spiro atoms. The van der Waals surface area contributed by atoms with Gasteiger partial charge in [0, 0.05) is 16.9 Å². The van der Waals surface area contributed by atoms with E-state index in [-0.39, 0.29) is 5.02 Å². The first-order valence-electron chi connectivity index (χ1n) is 2.70. The summed E-state index contributed by atoms with van der Waals surface area (Å²) in [5, 5.41) is 8.81. The summed E-state index contributed by atoms with van der Waals surface area (Å²) < 4.78 is 21.5. The van der Waals surface area contributed by atoms with E-state index in [0.717, 1.165) is 12.4 Å². The highest BCUT2D eigenvalue weighted by Gasteiger charge is 2.19. The first-order valence-corrected chi connectivity index (χ1v) is 5.39. The minimum Gasteiger partial charge on any atom is -0.505 e. The highest BCUT2D eigenvalue weighted by molar-refractivity contribution is 8.13. The quantitative estimate of drug-likeness (QED) is 0.737. The number of aromatic nitrogens is 1. The lowest BCUT2D eigenvalue weighted by Gasteiger charge is -2.00. The summed E-state index contributed by atoms with van der Waals surface area (Å²) in [5.41, 5.74) is 0. The third-order valence-corrected chi connectivity index (χ3v) is 2.86. The Bertz CT molecular complexity index is 383. The SMILES string of the molecule is O=S(=O)(Cl)c1c(O)cncc1Cl. The molecule has 0 aliphatic heterocycles. The van der Waals surface area contributed by atoms with Crippen molar-refractivity contribution in [3.8, 4) is 5.75 Å². The van der Waals surface area contributed by atoms with E-state index in [1.54, 1.807) is 0 Å². The summed E-state index contributed by atoms with van der Waals surface area (Å²) in [4.78, 5) is 2.94. The lowest BCUT2D eigenvalue weighted by atomic mass is 10.5. The highest BCUT2D eigenvalue weighted by atomic mass is 35.7. The van der Waals surface area contributed by atoms with Gasteiger partial charge in [-0.05, 0) is 0 Å².